The third-order valence-electron chi connectivity index (χ3n) is 5.22. The summed E-state index contributed by atoms with van der Waals surface area (Å²) in [6, 6.07) is 6.48. The zero-order valence-corrected chi connectivity index (χ0v) is 18.2. The van der Waals surface area contributed by atoms with Crippen LogP contribution >= 0.6 is 22.9 Å². The lowest BCUT2D eigenvalue weighted by molar-refractivity contribution is -0.149. The molecule has 1 amide bonds. The maximum Gasteiger partial charge on any atom is 0.310 e. The van der Waals surface area contributed by atoms with E-state index in [1.807, 2.05) is 0 Å². The molecular weight excluding hydrogens is 434 g/mol. The molecule has 1 aromatic carbocycles. The highest BCUT2D eigenvalue weighted by Gasteiger charge is 2.34. The first-order valence-electron chi connectivity index (χ1n) is 9.41. The zero-order valence-electron chi connectivity index (χ0n) is 15.8. The third-order valence-corrected chi connectivity index (χ3v) is 8.35. The molecule has 0 aliphatic carbocycles. The van der Waals surface area contributed by atoms with Crippen LogP contribution in [0.25, 0.3) is 10.4 Å². The zero-order chi connectivity index (χ0) is 20.8. The molecule has 29 heavy (non-hydrogen) atoms. The minimum Gasteiger partial charge on any atom is -0.466 e. The first-order valence-corrected chi connectivity index (χ1v) is 12.3. The summed E-state index contributed by atoms with van der Waals surface area (Å²) in [5.41, 5.74) is 1.22. The number of likely N-dealkylation sites (tertiary alicyclic amines) is 1. The van der Waals surface area contributed by atoms with E-state index in [2.05, 4.69) is 0 Å². The van der Waals surface area contributed by atoms with Crippen LogP contribution in [0.5, 0.6) is 0 Å². The molecule has 0 unspecified atom stereocenters. The van der Waals surface area contributed by atoms with Crippen molar-refractivity contribution in [1.82, 2.24) is 4.90 Å². The van der Waals surface area contributed by atoms with Gasteiger partial charge in [-0.15, -0.1) is 11.3 Å². The monoisotopic (exact) mass is 453 g/mol. The molecule has 2 aliphatic heterocycles. The van der Waals surface area contributed by atoms with Gasteiger partial charge in [-0.05, 0) is 43.5 Å². The number of nitrogens with zero attached hydrogens (tertiary/aromatic N) is 1. The van der Waals surface area contributed by atoms with Crippen LogP contribution in [-0.2, 0) is 25.1 Å². The molecule has 2 aliphatic rings. The summed E-state index contributed by atoms with van der Waals surface area (Å²) in [6.07, 6.45) is 1.44. The average Bonchev–Trinajstić information content (AvgIpc) is 3.11. The summed E-state index contributed by atoms with van der Waals surface area (Å²) in [7, 11) is -3.51. The van der Waals surface area contributed by atoms with Gasteiger partial charge in [-0.2, -0.15) is 0 Å². The largest absolute Gasteiger partial charge is 0.466 e. The Labute approximate surface area is 178 Å². The molecule has 0 spiro atoms. The van der Waals surface area contributed by atoms with Gasteiger partial charge in [0.05, 0.1) is 28.1 Å². The predicted molar refractivity (Wildman–Crippen MR) is 111 cm³/mol. The lowest BCUT2D eigenvalue weighted by Crippen LogP contribution is -2.42. The normalized spacial score (nSPS) is 19.9. The van der Waals surface area contributed by atoms with Gasteiger partial charge in [0.25, 0.3) is 5.91 Å². The highest BCUT2D eigenvalue weighted by atomic mass is 35.5. The quantitative estimate of drug-likeness (QED) is 0.661. The second kappa shape index (κ2) is 7.74. The number of ether oxygens (including phenoxy) is 1. The van der Waals surface area contributed by atoms with Gasteiger partial charge in [-0.25, -0.2) is 8.42 Å². The molecule has 9 heteroatoms. The Hall–Kier alpha value is -1.90. The molecule has 0 saturated carbocycles. The number of fused-ring (bicyclic) bond motifs is 3. The van der Waals surface area contributed by atoms with Crippen LogP contribution in [0.1, 0.15) is 35.0 Å². The number of thiophene rings is 1. The van der Waals surface area contributed by atoms with Crippen LogP contribution in [0.2, 0.25) is 5.02 Å². The summed E-state index contributed by atoms with van der Waals surface area (Å²) in [4.78, 5) is 28.3. The fourth-order valence-corrected chi connectivity index (χ4v) is 7.05. The Morgan fingerprint density at radius 2 is 2.10 bits per heavy atom. The van der Waals surface area contributed by atoms with Crippen LogP contribution in [0.15, 0.2) is 29.2 Å². The van der Waals surface area contributed by atoms with Crippen LogP contribution in [0.4, 0.5) is 0 Å². The van der Waals surface area contributed by atoms with E-state index < -0.39 is 9.84 Å². The van der Waals surface area contributed by atoms with Crippen molar-refractivity contribution in [2.45, 2.75) is 30.4 Å². The van der Waals surface area contributed by atoms with E-state index in [1.165, 1.54) is 17.4 Å². The average molecular weight is 454 g/mol. The number of halogens is 1. The Morgan fingerprint density at radius 1 is 1.31 bits per heavy atom. The van der Waals surface area contributed by atoms with E-state index in [4.69, 9.17) is 16.3 Å². The number of carbonyl (C=O) groups is 2. The molecule has 0 N–H and O–H groups in total. The van der Waals surface area contributed by atoms with Crippen LogP contribution < -0.4 is 0 Å². The lowest BCUT2D eigenvalue weighted by Gasteiger charge is -2.31. The van der Waals surface area contributed by atoms with Crippen molar-refractivity contribution in [3.05, 3.63) is 39.7 Å². The topological polar surface area (TPSA) is 80.8 Å². The number of hydrogen-bond donors (Lipinski definition) is 0. The molecule has 2 aromatic rings. The summed E-state index contributed by atoms with van der Waals surface area (Å²) >= 11 is 7.28. The molecule has 1 fully saturated rings. The standard InChI is InChI=1S/C20H20ClNO5S2/c1-2-27-20(24)12-4-3-7-22(10-12)19(23)16-8-13-11-29(25,26)17-9-14(21)5-6-15(17)18(13)28-16/h5-6,8-9,12H,2-4,7,10-11H2,1H3/t12-/m0/s1. The minimum atomic E-state index is -3.51. The molecular formula is C20H20ClNO5S2. The predicted octanol–water partition coefficient (Wildman–Crippen LogP) is 3.77. The lowest BCUT2D eigenvalue weighted by atomic mass is 9.98. The second-order valence-electron chi connectivity index (χ2n) is 7.21. The SMILES string of the molecule is CCOC(=O)[C@H]1CCCN(C(=O)c2cc3c(s2)-c2ccc(Cl)cc2S(=O)(=O)C3)C1. The Kier molecular flexibility index (Phi) is 5.44. The first kappa shape index (κ1) is 20.4. The Bertz CT molecular complexity index is 1090. The first-order chi connectivity index (χ1) is 13.8. The maximum atomic E-state index is 13.1. The van der Waals surface area contributed by atoms with Crippen molar-refractivity contribution >= 4 is 44.7 Å². The summed E-state index contributed by atoms with van der Waals surface area (Å²) in [6.45, 7) is 2.98. The van der Waals surface area contributed by atoms with Gasteiger partial charge in [-0.3, -0.25) is 9.59 Å². The minimum absolute atomic E-state index is 0.148. The second-order valence-corrected chi connectivity index (χ2v) is 10.7. The van der Waals surface area contributed by atoms with Crippen molar-refractivity contribution < 1.29 is 22.7 Å². The summed E-state index contributed by atoms with van der Waals surface area (Å²) in [5.74, 6) is -0.908. The molecule has 1 saturated heterocycles. The van der Waals surface area contributed by atoms with E-state index >= 15 is 0 Å². The van der Waals surface area contributed by atoms with Crippen molar-refractivity contribution in [2.75, 3.05) is 19.7 Å². The van der Waals surface area contributed by atoms with Gasteiger partial charge in [0, 0.05) is 28.6 Å². The Morgan fingerprint density at radius 3 is 2.86 bits per heavy atom. The van der Waals surface area contributed by atoms with E-state index in [-0.39, 0.29) is 28.4 Å². The van der Waals surface area contributed by atoms with Crippen molar-refractivity contribution in [1.29, 1.82) is 0 Å². The van der Waals surface area contributed by atoms with E-state index in [0.717, 1.165) is 11.3 Å². The molecule has 1 aromatic heterocycles. The van der Waals surface area contributed by atoms with Gasteiger partial charge in [-0.1, -0.05) is 17.7 Å². The van der Waals surface area contributed by atoms with Crippen LogP contribution in [0, 0.1) is 5.92 Å². The van der Waals surface area contributed by atoms with E-state index in [1.54, 1.807) is 30.0 Å². The fourth-order valence-electron chi connectivity index (χ4n) is 3.86. The smallest absolute Gasteiger partial charge is 0.310 e. The number of rotatable bonds is 3. The molecule has 154 valence electrons. The van der Waals surface area contributed by atoms with E-state index in [9.17, 15) is 18.0 Å². The number of sulfone groups is 1. The number of carbonyl (C=O) groups excluding carboxylic acids is 2. The molecule has 3 heterocycles. The summed E-state index contributed by atoms with van der Waals surface area (Å²) in [5, 5.41) is 0.363. The van der Waals surface area contributed by atoms with Gasteiger partial charge in [0.1, 0.15) is 0 Å². The van der Waals surface area contributed by atoms with Crippen LogP contribution in [0.3, 0.4) is 0 Å². The molecule has 6 nitrogen and oxygen atoms in total. The number of hydrogen-bond acceptors (Lipinski definition) is 6. The van der Waals surface area contributed by atoms with Crippen molar-refractivity contribution in [2.24, 2.45) is 5.92 Å². The van der Waals surface area contributed by atoms with E-state index in [0.29, 0.717) is 47.1 Å². The Balaban J connectivity index is 1.63. The maximum absolute atomic E-state index is 13.1. The van der Waals surface area contributed by atoms with Gasteiger partial charge < -0.3 is 9.64 Å². The number of esters is 1. The molecule has 4 rings (SSSR count). The van der Waals surface area contributed by atoms with Crippen molar-refractivity contribution in [3.63, 3.8) is 0 Å². The van der Waals surface area contributed by atoms with Gasteiger partial charge >= 0.3 is 5.97 Å². The number of benzene rings is 1. The van der Waals surface area contributed by atoms with Crippen molar-refractivity contribution in [3.8, 4) is 10.4 Å². The highest BCUT2D eigenvalue weighted by molar-refractivity contribution is 7.91. The van der Waals surface area contributed by atoms with Gasteiger partial charge in [0.15, 0.2) is 9.84 Å². The molecule has 1 atom stereocenters. The highest BCUT2D eigenvalue weighted by Crippen LogP contribution is 2.44. The summed E-state index contributed by atoms with van der Waals surface area (Å²) < 4.78 is 30.4. The fraction of sp³-hybridized carbons (Fsp3) is 0.400. The number of amides is 1. The molecule has 0 radical (unpaired) electrons. The van der Waals surface area contributed by atoms with Crippen LogP contribution in [-0.4, -0.2) is 44.9 Å². The number of piperidine rings is 1. The van der Waals surface area contributed by atoms with Gasteiger partial charge in [0.2, 0.25) is 0 Å². The third kappa shape index (κ3) is 3.81. The molecule has 0 bridgehead atoms.